The summed E-state index contributed by atoms with van der Waals surface area (Å²) in [6, 6.07) is 17.2. The third kappa shape index (κ3) is 5.92. The minimum Gasteiger partial charge on any atom is -0.480 e. The van der Waals surface area contributed by atoms with Crippen molar-refractivity contribution in [2.75, 3.05) is 5.32 Å². The lowest BCUT2D eigenvalue weighted by atomic mass is 10.1. The van der Waals surface area contributed by atoms with Gasteiger partial charge in [-0.05, 0) is 50.6 Å². The molecule has 0 aliphatic carbocycles. The average Bonchev–Trinajstić information content (AvgIpc) is 3.20. The van der Waals surface area contributed by atoms with Gasteiger partial charge in [0.25, 0.3) is 11.6 Å². The molecule has 1 amide bonds. The fourth-order valence-corrected chi connectivity index (χ4v) is 3.89. The molecule has 0 bridgehead atoms. The normalized spacial score (nSPS) is 12.2. The quantitative estimate of drug-likeness (QED) is 0.238. The second-order valence-corrected chi connectivity index (χ2v) is 9.69. The van der Waals surface area contributed by atoms with Crippen LogP contribution in [-0.2, 0) is 11.2 Å². The summed E-state index contributed by atoms with van der Waals surface area (Å²) in [6.45, 7) is 5.98. The van der Waals surface area contributed by atoms with Crippen LogP contribution in [0.1, 0.15) is 36.7 Å². The molecule has 10 heteroatoms. The van der Waals surface area contributed by atoms with Gasteiger partial charge in [-0.25, -0.2) is 9.78 Å². The van der Waals surface area contributed by atoms with E-state index in [0.717, 1.165) is 5.56 Å². The summed E-state index contributed by atoms with van der Waals surface area (Å²) in [6.07, 6.45) is 1.84. The Kier molecular flexibility index (Phi) is 6.92. The molecule has 0 aliphatic rings. The molecule has 2 heterocycles. The third-order valence-corrected chi connectivity index (χ3v) is 5.62. The Morgan fingerprint density at radius 2 is 1.76 bits per heavy atom. The van der Waals surface area contributed by atoms with Gasteiger partial charge in [-0.3, -0.25) is 19.3 Å². The number of benzene rings is 2. The van der Waals surface area contributed by atoms with E-state index in [9.17, 15) is 24.8 Å². The molecule has 2 aromatic carbocycles. The highest BCUT2D eigenvalue weighted by molar-refractivity contribution is 5.97. The van der Waals surface area contributed by atoms with Crippen LogP contribution in [0.2, 0.25) is 0 Å². The van der Waals surface area contributed by atoms with Gasteiger partial charge < -0.3 is 15.7 Å². The molecule has 0 saturated heterocycles. The lowest BCUT2D eigenvalue weighted by Gasteiger charge is -2.22. The van der Waals surface area contributed by atoms with Crippen molar-refractivity contribution < 1.29 is 19.6 Å². The van der Waals surface area contributed by atoms with E-state index in [1.807, 2.05) is 51.1 Å². The van der Waals surface area contributed by atoms with Crippen LogP contribution >= 0.6 is 0 Å². The van der Waals surface area contributed by atoms with Gasteiger partial charge in [-0.2, -0.15) is 0 Å². The summed E-state index contributed by atoms with van der Waals surface area (Å²) in [5.41, 5.74) is 2.39. The lowest BCUT2D eigenvalue weighted by molar-refractivity contribution is -0.384. The number of nitro groups is 1. The molecular weight excluding hydrogens is 474 g/mol. The van der Waals surface area contributed by atoms with Gasteiger partial charge in [0.2, 0.25) is 0 Å². The van der Waals surface area contributed by atoms with Crippen LogP contribution < -0.4 is 10.6 Å². The Morgan fingerprint density at radius 1 is 1.08 bits per heavy atom. The number of nitrogens with zero attached hydrogens (tertiary/aromatic N) is 3. The van der Waals surface area contributed by atoms with Gasteiger partial charge >= 0.3 is 5.97 Å². The molecule has 0 aliphatic heterocycles. The largest absolute Gasteiger partial charge is 0.480 e. The standard InChI is InChI=1S/C27H27N5O5/c1-27(2,3)30-24-23(18-9-11-20(12-10-18)32(36)37)29-22-16-19(13-14-31(22)24)25(33)28-21(26(34)35)15-17-7-5-4-6-8-17/h4-14,16,21,30H,15H2,1-3H3,(H,28,33)(H,34,35). The van der Waals surface area contributed by atoms with Crippen molar-refractivity contribution in [2.45, 2.75) is 38.8 Å². The number of aliphatic carboxylic acids is 1. The summed E-state index contributed by atoms with van der Waals surface area (Å²) in [5, 5.41) is 26.7. The number of nitrogens with one attached hydrogen (secondary N) is 2. The van der Waals surface area contributed by atoms with E-state index >= 15 is 0 Å². The molecule has 4 rings (SSSR count). The van der Waals surface area contributed by atoms with Crippen molar-refractivity contribution in [2.24, 2.45) is 0 Å². The number of aromatic nitrogens is 2. The van der Waals surface area contributed by atoms with E-state index in [1.54, 1.807) is 34.9 Å². The van der Waals surface area contributed by atoms with Crippen LogP contribution in [0.15, 0.2) is 72.9 Å². The molecule has 0 radical (unpaired) electrons. The monoisotopic (exact) mass is 501 g/mol. The van der Waals surface area contributed by atoms with Crippen molar-refractivity contribution in [1.82, 2.24) is 14.7 Å². The molecule has 1 unspecified atom stereocenters. The van der Waals surface area contributed by atoms with Crippen LogP contribution in [0.4, 0.5) is 11.5 Å². The van der Waals surface area contributed by atoms with E-state index in [-0.39, 0.29) is 23.2 Å². The zero-order chi connectivity index (χ0) is 26.7. The minimum atomic E-state index is -1.13. The van der Waals surface area contributed by atoms with Crippen LogP contribution in [0.5, 0.6) is 0 Å². The zero-order valence-electron chi connectivity index (χ0n) is 20.6. The molecule has 0 fully saturated rings. The maximum absolute atomic E-state index is 13.0. The first-order valence-electron chi connectivity index (χ1n) is 11.6. The summed E-state index contributed by atoms with van der Waals surface area (Å²) in [7, 11) is 0. The average molecular weight is 502 g/mol. The Hall–Kier alpha value is -4.73. The van der Waals surface area contributed by atoms with Gasteiger partial charge in [0.1, 0.15) is 23.2 Å². The van der Waals surface area contributed by atoms with E-state index < -0.39 is 22.8 Å². The lowest BCUT2D eigenvalue weighted by Crippen LogP contribution is -2.42. The number of amides is 1. The highest BCUT2D eigenvalue weighted by atomic mass is 16.6. The van der Waals surface area contributed by atoms with Crippen molar-refractivity contribution in [3.63, 3.8) is 0 Å². The smallest absolute Gasteiger partial charge is 0.326 e. The molecule has 37 heavy (non-hydrogen) atoms. The number of pyridine rings is 1. The van der Waals surface area contributed by atoms with Crippen molar-refractivity contribution >= 4 is 29.0 Å². The Balaban J connectivity index is 1.68. The van der Waals surface area contributed by atoms with Crippen LogP contribution in [-0.4, -0.2) is 42.9 Å². The Morgan fingerprint density at radius 3 is 2.35 bits per heavy atom. The molecule has 0 saturated carbocycles. The Bertz CT molecular complexity index is 1460. The number of carboxylic acids is 1. The summed E-state index contributed by atoms with van der Waals surface area (Å²) < 4.78 is 1.79. The number of rotatable bonds is 8. The van der Waals surface area contributed by atoms with Gasteiger partial charge in [0.05, 0.1) is 4.92 Å². The van der Waals surface area contributed by atoms with E-state index in [1.165, 1.54) is 12.1 Å². The zero-order valence-corrected chi connectivity index (χ0v) is 20.6. The van der Waals surface area contributed by atoms with Gasteiger partial charge in [-0.15, -0.1) is 0 Å². The number of imidazole rings is 1. The predicted octanol–water partition coefficient (Wildman–Crippen LogP) is 4.55. The van der Waals surface area contributed by atoms with Crippen LogP contribution in [0.3, 0.4) is 0 Å². The molecular formula is C27H27N5O5. The summed E-state index contributed by atoms with van der Waals surface area (Å²) in [4.78, 5) is 40.1. The van der Waals surface area contributed by atoms with Gasteiger partial charge in [-0.1, -0.05) is 30.3 Å². The predicted molar refractivity (Wildman–Crippen MR) is 140 cm³/mol. The van der Waals surface area contributed by atoms with E-state index in [0.29, 0.717) is 22.7 Å². The molecule has 3 N–H and O–H groups in total. The van der Waals surface area contributed by atoms with Gasteiger partial charge in [0.15, 0.2) is 0 Å². The fourth-order valence-electron chi connectivity index (χ4n) is 3.89. The maximum Gasteiger partial charge on any atom is 0.326 e. The number of carbonyl (C=O) groups excluding carboxylic acids is 1. The first-order chi connectivity index (χ1) is 17.5. The molecule has 0 spiro atoms. The van der Waals surface area contributed by atoms with E-state index in [2.05, 4.69) is 10.6 Å². The summed E-state index contributed by atoms with van der Waals surface area (Å²) in [5.74, 6) is -0.997. The van der Waals surface area contributed by atoms with Gasteiger partial charge in [0, 0.05) is 41.4 Å². The number of non-ortho nitro benzene ring substituents is 1. The molecule has 10 nitrogen and oxygen atoms in total. The minimum absolute atomic E-state index is 0.0275. The number of carbonyl (C=O) groups is 2. The SMILES string of the molecule is CC(C)(C)Nc1c(-c2ccc([N+](=O)[O-])cc2)nc2cc(C(=O)NC(Cc3ccccc3)C(=O)O)ccn12. The Labute approximate surface area is 213 Å². The topological polar surface area (TPSA) is 139 Å². The molecule has 1 atom stereocenters. The number of carboxylic acid groups (broad SMARTS) is 1. The molecule has 2 aromatic heterocycles. The van der Waals surface area contributed by atoms with E-state index in [4.69, 9.17) is 4.98 Å². The van der Waals surface area contributed by atoms with Crippen molar-refractivity contribution in [1.29, 1.82) is 0 Å². The number of fused-ring (bicyclic) bond motifs is 1. The number of anilines is 1. The summed E-state index contributed by atoms with van der Waals surface area (Å²) >= 11 is 0. The van der Waals surface area contributed by atoms with Crippen LogP contribution in [0, 0.1) is 10.1 Å². The highest BCUT2D eigenvalue weighted by Crippen LogP contribution is 2.32. The second-order valence-electron chi connectivity index (χ2n) is 9.69. The first-order valence-corrected chi connectivity index (χ1v) is 11.6. The highest BCUT2D eigenvalue weighted by Gasteiger charge is 2.23. The first kappa shape index (κ1) is 25.4. The fraction of sp³-hybridized carbons (Fsp3) is 0.222. The maximum atomic E-state index is 13.0. The number of hydrogen-bond donors (Lipinski definition) is 3. The number of hydrogen-bond acceptors (Lipinski definition) is 6. The number of nitro benzene ring substituents is 1. The van der Waals surface area contributed by atoms with Crippen molar-refractivity contribution in [3.05, 3.63) is 94.2 Å². The van der Waals surface area contributed by atoms with Crippen LogP contribution in [0.25, 0.3) is 16.9 Å². The molecule has 190 valence electrons. The third-order valence-electron chi connectivity index (χ3n) is 5.62. The second kappa shape index (κ2) is 10.1. The molecule has 4 aromatic rings. The van der Waals surface area contributed by atoms with Crippen molar-refractivity contribution in [3.8, 4) is 11.3 Å².